The molecule has 0 aliphatic rings. The predicted octanol–water partition coefficient (Wildman–Crippen LogP) is 1.71. The summed E-state index contributed by atoms with van der Waals surface area (Å²) in [6.45, 7) is 3.81. The average Bonchev–Trinajstić information content (AvgIpc) is 3.32. The maximum atomic E-state index is 12.1. The van der Waals surface area contributed by atoms with E-state index in [0.717, 1.165) is 5.69 Å². The minimum atomic E-state index is -0.509. The molecule has 0 fully saturated rings. The number of rotatable bonds is 5. The highest BCUT2D eigenvalue weighted by atomic mass is 16.6. The van der Waals surface area contributed by atoms with E-state index in [2.05, 4.69) is 21.9 Å². The summed E-state index contributed by atoms with van der Waals surface area (Å²) in [5.74, 6) is 0.152. The number of aromatic nitrogens is 4. The van der Waals surface area contributed by atoms with Crippen molar-refractivity contribution in [2.45, 2.75) is 0 Å². The van der Waals surface area contributed by atoms with E-state index >= 15 is 0 Å². The largest absolute Gasteiger partial charge is 0.490 e. The van der Waals surface area contributed by atoms with Gasteiger partial charge in [-0.3, -0.25) is 25.1 Å². The first-order valence-corrected chi connectivity index (χ1v) is 8.93. The number of nitrogens with zero attached hydrogens (tertiary/aromatic N) is 3. The van der Waals surface area contributed by atoms with Gasteiger partial charge in [-0.25, -0.2) is 4.68 Å². The van der Waals surface area contributed by atoms with Crippen LogP contribution < -0.4 is 20.9 Å². The Morgan fingerprint density at radius 3 is 2.60 bits per heavy atom. The Labute approximate surface area is 169 Å². The molecular weight excluding hydrogens is 386 g/mol. The lowest BCUT2D eigenvalue weighted by Gasteiger charge is -2.04. The van der Waals surface area contributed by atoms with Crippen molar-refractivity contribution >= 4 is 18.3 Å². The van der Waals surface area contributed by atoms with Crippen molar-refractivity contribution in [1.29, 1.82) is 0 Å². The van der Waals surface area contributed by atoms with Crippen LogP contribution in [0.4, 0.5) is 5.69 Å². The molecule has 150 valence electrons. The van der Waals surface area contributed by atoms with Crippen molar-refractivity contribution in [2.24, 2.45) is 0 Å². The Balaban J connectivity index is 1.97. The Morgan fingerprint density at radius 2 is 1.97 bits per heavy atom. The Bertz CT molecular complexity index is 1370. The molecule has 0 spiro atoms. The maximum Gasteiger partial charge on any atom is 0.311 e. The second kappa shape index (κ2) is 7.55. The van der Waals surface area contributed by atoms with E-state index in [1.807, 2.05) is 30.3 Å². The van der Waals surface area contributed by atoms with Crippen molar-refractivity contribution in [2.75, 3.05) is 7.11 Å². The first kappa shape index (κ1) is 18.9. The van der Waals surface area contributed by atoms with Crippen LogP contribution in [-0.4, -0.2) is 32.0 Å². The highest BCUT2D eigenvalue weighted by Crippen LogP contribution is 2.33. The number of nitrogens with one attached hydrogen (secondary N) is 2. The number of nitro groups is 1. The first-order valence-electron chi connectivity index (χ1n) is 8.93. The van der Waals surface area contributed by atoms with E-state index < -0.39 is 4.92 Å². The average molecular weight is 403 g/mol. The van der Waals surface area contributed by atoms with Crippen molar-refractivity contribution in [1.82, 2.24) is 20.0 Å². The fraction of sp³-hybridized carbons (Fsp3) is 0.0476. The third-order valence-corrected chi connectivity index (χ3v) is 4.61. The molecule has 9 heteroatoms. The molecule has 4 aromatic rings. The minimum absolute atomic E-state index is 0.152. The number of para-hydroxylation sites is 1. The molecule has 2 heterocycles. The molecule has 30 heavy (non-hydrogen) atoms. The monoisotopic (exact) mass is 403 g/mol. The van der Waals surface area contributed by atoms with Crippen LogP contribution in [0.1, 0.15) is 5.56 Å². The van der Waals surface area contributed by atoms with Crippen molar-refractivity contribution in [3.8, 4) is 22.7 Å². The lowest BCUT2D eigenvalue weighted by atomic mass is 10.1. The van der Waals surface area contributed by atoms with E-state index in [4.69, 9.17) is 4.74 Å². The zero-order chi connectivity index (χ0) is 21.3. The van der Waals surface area contributed by atoms with Gasteiger partial charge >= 0.3 is 5.69 Å². The molecule has 2 aromatic carbocycles. The summed E-state index contributed by atoms with van der Waals surface area (Å²) in [7, 11) is 1.37. The van der Waals surface area contributed by atoms with Crippen molar-refractivity contribution in [3.05, 3.63) is 91.3 Å². The van der Waals surface area contributed by atoms with Gasteiger partial charge in [0.25, 0.3) is 5.56 Å². The summed E-state index contributed by atoms with van der Waals surface area (Å²) in [4.78, 5) is 23.1. The summed E-state index contributed by atoms with van der Waals surface area (Å²) in [5.41, 5.74) is 1.91. The number of hydrogen-bond donors (Lipinski definition) is 2. The van der Waals surface area contributed by atoms with Crippen molar-refractivity contribution in [3.63, 3.8) is 0 Å². The van der Waals surface area contributed by atoms with Gasteiger partial charge in [-0.1, -0.05) is 24.8 Å². The fourth-order valence-corrected chi connectivity index (χ4v) is 3.12. The van der Waals surface area contributed by atoms with Crippen LogP contribution in [0, 0.1) is 10.1 Å². The zero-order valence-corrected chi connectivity index (χ0v) is 16.0. The van der Waals surface area contributed by atoms with E-state index in [1.54, 1.807) is 23.0 Å². The molecule has 0 aliphatic carbocycles. The zero-order valence-electron chi connectivity index (χ0n) is 16.0. The normalized spacial score (nSPS) is 11.6. The highest BCUT2D eigenvalue weighted by Gasteiger charge is 2.19. The first-order chi connectivity index (χ1) is 14.5. The molecule has 0 saturated carbocycles. The number of nitro benzene ring substituents is 1. The van der Waals surface area contributed by atoms with Crippen LogP contribution >= 0.6 is 0 Å². The lowest BCUT2D eigenvalue weighted by Crippen LogP contribution is -2.32. The van der Waals surface area contributed by atoms with Crippen LogP contribution in [0.3, 0.4) is 0 Å². The number of methoxy groups -OCH3 is 1. The molecule has 0 radical (unpaired) electrons. The molecule has 9 nitrogen and oxygen atoms in total. The van der Waals surface area contributed by atoms with Crippen LogP contribution in [0.5, 0.6) is 5.75 Å². The smallest absolute Gasteiger partial charge is 0.311 e. The van der Waals surface area contributed by atoms with Gasteiger partial charge < -0.3 is 4.74 Å². The van der Waals surface area contributed by atoms with Crippen LogP contribution in [0.25, 0.3) is 29.6 Å². The molecule has 0 unspecified atom stereocenters. The molecule has 4 rings (SSSR count). The lowest BCUT2D eigenvalue weighted by molar-refractivity contribution is -0.385. The molecule has 0 saturated heterocycles. The summed E-state index contributed by atoms with van der Waals surface area (Å²) in [5, 5.41) is 22.0. The number of benzene rings is 2. The molecule has 0 aliphatic heterocycles. The van der Waals surface area contributed by atoms with Crippen LogP contribution in [0.15, 0.2) is 59.5 Å². The van der Waals surface area contributed by atoms with Gasteiger partial charge in [-0.05, 0) is 30.3 Å². The Hall–Kier alpha value is -4.40. The van der Waals surface area contributed by atoms with Gasteiger partial charge in [0.15, 0.2) is 5.75 Å². The minimum Gasteiger partial charge on any atom is -0.490 e. The molecular formula is C21H17N5O4. The van der Waals surface area contributed by atoms with E-state index in [0.29, 0.717) is 27.4 Å². The van der Waals surface area contributed by atoms with E-state index in [-0.39, 0.29) is 17.0 Å². The van der Waals surface area contributed by atoms with Gasteiger partial charge in [-0.15, -0.1) is 0 Å². The summed E-state index contributed by atoms with van der Waals surface area (Å²) >= 11 is 0. The third kappa shape index (κ3) is 3.39. The van der Waals surface area contributed by atoms with Crippen LogP contribution in [0.2, 0.25) is 0 Å². The number of H-pyrrole nitrogens is 2. The predicted molar refractivity (Wildman–Crippen MR) is 112 cm³/mol. The molecule has 0 bridgehead atoms. The highest BCUT2D eigenvalue weighted by molar-refractivity contribution is 5.74. The second-order valence-electron chi connectivity index (χ2n) is 6.47. The molecule has 2 aromatic heterocycles. The van der Waals surface area contributed by atoms with Gasteiger partial charge in [-0.2, -0.15) is 5.10 Å². The quantitative estimate of drug-likeness (QED) is 0.388. The van der Waals surface area contributed by atoms with Crippen molar-refractivity contribution < 1.29 is 9.66 Å². The Kier molecular flexibility index (Phi) is 4.77. The number of ether oxygens (including phenoxy) is 1. The molecule has 0 amide bonds. The standard InChI is InChI=1S/C21H17N5O4/c1-13-17(21(27)23-22-13)10-15-12-25(16-6-4-3-5-7-16)24-20(15)14-8-9-19(30-2)18(11-14)26(28)29/h3-12,22H,1H2,2H3,(H,23,27)/b17-10-. The number of hydrogen-bond acceptors (Lipinski definition) is 5. The third-order valence-electron chi connectivity index (χ3n) is 4.61. The molecule has 2 N–H and O–H groups in total. The summed E-state index contributed by atoms with van der Waals surface area (Å²) < 4.78 is 6.74. The van der Waals surface area contributed by atoms with Gasteiger partial charge in [0.2, 0.25) is 0 Å². The topological polar surface area (TPSA) is 119 Å². The van der Waals surface area contributed by atoms with Gasteiger partial charge in [0.1, 0.15) is 5.69 Å². The van der Waals surface area contributed by atoms with Crippen LogP contribution in [-0.2, 0) is 0 Å². The fourth-order valence-electron chi connectivity index (χ4n) is 3.12. The SMILES string of the molecule is C=c1[nH][nH]c(=O)/c1=C\c1cn(-c2ccccc2)nc1-c1ccc(OC)c([N+](=O)[O-])c1. The number of aromatic amines is 2. The van der Waals surface area contributed by atoms with Gasteiger partial charge in [0, 0.05) is 23.4 Å². The second-order valence-corrected chi connectivity index (χ2v) is 6.47. The summed E-state index contributed by atoms with van der Waals surface area (Å²) in [6.07, 6.45) is 3.40. The molecule has 0 atom stereocenters. The van der Waals surface area contributed by atoms with Gasteiger partial charge in [0.05, 0.1) is 28.3 Å². The maximum absolute atomic E-state index is 12.1. The van der Waals surface area contributed by atoms with E-state index in [9.17, 15) is 14.9 Å². The summed E-state index contributed by atoms with van der Waals surface area (Å²) in [6, 6.07) is 14.0. The Morgan fingerprint density at radius 1 is 1.20 bits per heavy atom. The van der Waals surface area contributed by atoms with E-state index in [1.165, 1.54) is 19.2 Å².